The molecule has 0 aliphatic heterocycles. The first kappa shape index (κ1) is 11.0. The van der Waals surface area contributed by atoms with Gasteiger partial charge in [-0.05, 0) is 12.5 Å². The van der Waals surface area contributed by atoms with Crippen molar-refractivity contribution in [2.24, 2.45) is 5.73 Å². The first-order chi connectivity index (χ1) is 5.24. The molecule has 1 rings (SSSR count). The highest BCUT2D eigenvalue weighted by atomic mass is 35.5. The fraction of sp³-hybridized carbons (Fsp3) is 0.222. The predicted molar refractivity (Wildman–Crippen MR) is 51.0 cm³/mol. The first-order valence-electron chi connectivity index (χ1n) is 3.46. The number of benzene rings is 1. The zero-order valence-electron chi connectivity index (χ0n) is 6.82. The number of hydrogen-bond acceptors (Lipinski definition) is 2. The van der Waals surface area contributed by atoms with E-state index in [0.717, 1.165) is 11.1 Å². The molecular weight excluding hydrogens is 172 g/mol. The number of hydrogen-bond donors (Lipinski definition) is 1. The molecule has 1 aromatic carbocycles. The second kappa shape index (κ2) is 4.76. The number of halogens is 1. The van der Waals surface area contributed by atoms with Crippen molar-refractivity contribution >= 4 is 12.4 Å². The van der Waals surface area contributed by atoms with E-state index >= 15 is 0 Å². The van der Waals surface area contributed by atoms with E-state index in [-0.39, 0.29) is 12.4 Å². The molecule has 64 valence electrons. The van der Waals surface area contributed by atoms with E-state index in [1.807, 2.05) is 37.3 Å². The molecular formula is C9H11ClN2. The van der Waals surface area contributed by atoms with Crippen LogP contribution in [0.4, 0.5) is 0 Å². The summed E-state index contributed by atoms with van der Waals surface area (Å²) >= 11 is 0. The number of rotatable bonds is 1. The molecule has 2 nitrogen and oxygen atoms in total. The zero-order valence-corrected chi connectivity index (χ0v) is 7.64. The van der Waals surface area contributed by atoms with Crippen LogP contribution in [0.1, 0.15) is 17.2 Å². The Balaban J connectivity index is 0.00000121. The molecule has 0 aromatic heterocycles. The van der Waals surface area contributed by atoms with E-state index < -0.39 is 6.04 Å². The van der Waals surface area contributed by atoms with Gasteiger partial charge >= 0.3 is 0 Å². The molecule has 0 fully saturated rings. The minimum atomic E-state index is -0.491. The third-order valence-corrected chi connectivity index (χ3v) is 1.54. The largest absolute Gasteiger partial charge is 0.312 e. The maximum absolute atomic E-state index is 8.50. The molecule has 1 aromatic rings. The molecule has 0 aliphatic rings. The minimum Gasteiger partial charge on any atom is -0.312 e. The normalized spacial score (nSPS) is 11.1. The van der Waals surface area contributed by atoms with Gasteiger partial charge in [-0.25, -0.2) is 0 Å². The topological polar surface area (TPSA) is 49.8 Å². The number of aryl methyl sites for hydroxylation is 1. The van der Waals surface area contributed by atoms with Gasteiger partial charge in [0.05, 0.1) is 6.07 Å². The summed E-state index contributed by atoms with van der Waals surface area (Å²) in [6.45, 7) is 1.98. The van der Waals surface area contributed by atoms with Crippen LogP contribution in [0.5, 0.6) is 0 Å². The Labute approximate surface area is 78.4 Å². The molecule has 0 saturated carbocycles. The standard InChI is InChI=1S/C9H10N2.ClH/c1-7-3-2-4-8(5-7)9(11)6-10;/h2-5,9H,11H2,1H3;1H/t9-;/m0./s1. The quantitative estimate of drug-likeness (QED) is 0.722. The van der Waals surface area contributed by atoms with Gasteiger partial charge in [-0.1, -0.05) is 29.8 Å². The van der Waals surface area contributed by atoms with Crippen molar-refractivity contribution in [3.05, 3.63) is 35.4 Å². The Morgan fingerprint density at radius 1 is 1.50 bits per heavy atom. The van der Waals surface area contributed by atoms with Gasteiger partial charge in [-0.15, -0.1) is 12.4 Å². The van der Waals surface area contributed by atoms with Crippen molar-refractivity contribution in [2.45, 2.75) is 13.0 Å². The van der Waals surface area contributed by atoms with Crippen LogP contribution in [0, 0.1) is 18.3 Å². The van der Waals surface area contributed by atoms with Crippen molar-refractivity contribution < 1.29 is 0 Å². The average molecular weight is 183 g/mol. The molecule has 12 heavy (non-hydrogen) atoms. The minimum absolute atomic E-state index is 0. The fourth-order valence-electron chi connectivity index (χ4n) is 0.938. The van der Waals surface area contributed by atoms with Gasteiger partial charge < -0.3 is 5.73 Å². The lowest BCUT2D eigenvalue weighted by molar-refractivity contribution is 0.924. The summed E-state index contributed by atoms with van der Waals surface area (Å²) in [5.74, 6) is 0. The van der Waals surface area contributed by atoms with Crippen molar-refractivity contribution in [3.8, 4) is 6.07 Å². The Morgan fingerprint density at radius 3 is 2.67 bits per heavy atom. The highest BCUT2D eigenvalue weighted by molar-refractivity contribution is 5.85. The second-order valence-electron chi connectivity index (χ2n) is 2.52. The maximum Gasteiger partial charge on any atom is 0.118 e. The van der Waals surface area contributed by atoms with E-state index in [0.29, 0.717) is 0 Å². The maximum atomic E-state index is 8.50. The van der Waals surface area contributed by atoms with E-state index in [4.69, 9.17) is 11.0 Å². The molecule has 0 unspecified atom stereocenters. The molecule has 0 heterocycles. The van der Waals surface area contributed by atoms with Crippen molar-refractivity contribution in [1.82, 2.24) is 0 Å². The van der Waals surface area contributed by atoms with Crippen LogP contribution >= 0.6 is 12.4 Å². The van der Waals surface area contributed by atoms with Crippen LogP contribution in [0.2, 0.25) is 0 Å². The first-order valence-corrected chi connectivity index (χ1v) is 3.46. The summed E-state index contributed by atoms with van der Waals surface area (Å²) in [5, 5.41) is 8.50. The molecule has 0 spiro atoms. The van der Waals surface area contributed by atoms with Gasteiger partial charge in [-0.3, -0.25) is 0 Å². The Morgan fingerprint density at radius 2 is 2.17 bits per heavy atom. The highest BCUT2D eigenvalue weighted by Crippen LogP contribution is 2.10. The summed E-state index contributed by atoms with van der Waals surface area (Å²) in [6.07, 6.45) is 0. The fourth-order valence-corrected chi connectivity index (χ4v) is 0.938. The van der Waals surface area contributed by atoms with Crippen LogP contribution in [0.25, 0.3) is 0 Å². The second-order valence-corrected chi connectivity index (χ2v) is 2.52. The summed E-state index contributed by atoms with van der Waals surface area (Å²) in [7, 11) is 0. The molecule has 0 aliphatic carbocycles. The third kappa shape index (κ3) is 2.54. The van der Waals surface area contributed by atoms with Gasteiger partial charge in [0.15, 0.2) is 0 Å². The number of nitrogens with two attached hydrogens (primary N) is 1. The van der Waals surface area contributed by atoms with Gasteiger partial charge in [0, 0.05) is 0 Å². The lowest BCUT2D eigenvalue weighted by Crippen LogP contribution is -2.06. The molecule has 2 N–H and O–H groups in total. The van der Waals surface area contributed by atoms with Crippen molar-refractivity contribution in [1.29, 1.82) is 5.26 Å². The van der Waals surface area contributed by atoms with E-state index in [1.54, 1.807) is 0 Å². The van der Waals surface area contributed by atoms with Crippen LogP contribution in [-0.2, 0) is 0 Å². The van der Waals surface area contributed by atoms with Crippen LogP contribution in [-0.4, -0.2) is 0 Å². The van der Waals surface area contributed by atoms with E-state index in [2.05, 4.69) is 0 Å². The van der Waals surface area contributed by atoms with E-state index in [9.17, 15) is 0 Å². The molecule has 0 saturated heterocycles. The molecule has 0 bridgehead atoms. The third-order valence-electron chi connectivity index (χ3n) is 1.54. The zero-order chi connectivity index (χ0) is 8.27. The van der Waals surface area contributed by atoms with Crippen LogP contribution in [0.3, 0.4) is 0 Å². The molecule has 0 amide bonds. The molecule has 3 heteroatoms. The van der Waals surface area contributed by atoms with Crippen molar-refractivity contribution in [3.63, 3.8) is 0 Å². The van der Waals surface area contributed by atoms with Gasteiger partial charge in [0.25, 0.3) is 0 Å². The smallest absolute Gasteiger partial charge is 0.118 e. The summed E-state index contributed by atoms with van der Waals surface area (Å²) in [6, 6.07) is 9.17. The summed E-state index contributed by atoms with van der Waals surface area (Å²) < 4.78 is 0. The Hall–Kier alpha value is -1.04. The van der Waals surface area contributed by atoms with Gasteiger partial charge in [0.1, 0.15) is 6.04 Å². The SMILES string of the molecule is Cc1cccc([C@@H](N)C#N)c1.Cl. The average Bonchev–Trinajstić information content (AvgIpc) is 2.03. The lowest BCUT2D eigenvalue weighted by atomic mass is 10.1. The summed E-state index contributed by atoms with van der Waals surface area (Å²) in [5.41, 5.74) is 7.52. The monoisotopic (exact) mass is 182 g/mol. The number of nitrogens with zero attached hydrogens (tertiary/aromatic N) is 1. The van der Waals surface area contributed by atoms with Crippen LogP contribution < -0.4 is 5.73 Å². The van der Waals surface area contributed by atoms with Gasteiger partial charge in [0.2, 0.25) is 0 Å². The van der Waals surface area contributed by atoms with E-state index in [1.165, 1.54) is 0 Å². The number of nitriles is 1. The Bertz CT molecular complexity index is 291. The van der Waals surface area contributed by atoms with Gasteiger partial charge in [-0.2, -0.15) is 5.26 Å². The molecule has 0 radical (unpaired) electrons. The summed E-state index contributed by atoms with van der Waals surface area (Å²) in [4.78, 5) is 0. The Kier molecular flexibility index (Phi) is 4.35. The predicted octanol–water partition coefficient (Wildman–Crippen LogP) is 1.94. The highest BCUT2D eigenvalue weighted by Gasteiger charge is 2.01. The lowest BCUT2D eigenvalue weighted by Gasteiger charge is -2.02. The van der Waals surface area contributed by atoms with Crippen LogP contribution in [0.15, 0.2) is 24.3 Å². The molecule has 1 atom stereocenters. The van der Waals surface area contributed by atoms with Crippen molar-refractivity contribution in [2.75, 3.05) is 0 Å².